The van der Waals surface area contributed by atoms with E-state index in [9.17, 15) is 0 Å². The van der Waals surface area contributed by atoms with Crippen molar-refractivity contribution in [3.05, 3.63) is 0 Å². The summed E-state index contributed by atoms with van der Waals surface area (Å²) in [5.41, 5.74) is -0.0283. The standard InChI is InChI=1S/C5H9N5S3/c1-5(2,3)4-6-12-8-11-9-13(7-4)10-12/h1-3H3. The van der Waals surface area contributed by atoms with E-state index in [1.54, 1.807) is 0 Å². The molecule has 0 aromatic heterocycles. The molecule has 13 heavy (non-hydrogen) atoms. The zero-order chi connectivity index (χ0) is 9.47. The predicted octanol–water partition coefficient (Wildman–Crippen LogP) is 2.17. The molecule has 0 radical (unpaired) electrons. The Balaban J connectivity index is 2.46. The molecular weight excluding hydrogens is 226 g/mol. The minimum absolute atomic E-state index is 0.0283. The summed E-state index contributed by atoms with van der Waals surface area (Å²) < 4.78 is 21.1. The third kappa shape index (κ3) is 2.00. The van der Waals surface area contributed by atoms with E-state index < -0.39 is 22.1 Å². The molecule has 72 valence electrons. The van der Waals surface area contributed by atoms with Crippen LogP contribution < -0.4 is 0 Å². The van der Waals surface area contributed by atoms with Crippen molar-refractivity contribution >= 4 is 39.3 Å². The first-order chi connectivity index (χ1) is 6.05. The van der Waals surface area contributed by atoms with Gasteiger partial charge >= 0.3 is 0 Å². The Hall–Kier alpha value is -0.210. The average Bonchev–Trinajstić information content (AvgIpc) is 2.01. The summed E-state index contributed by atoms with van der Waals surface area (Å²) in [5.74, 6) is 0.835. The summed E-state index contributed by atoms with van der Waals surface area (Å²) in [7, 11) is 0. The minimum Gasteiger partial charge on any atom is -0.167 e. The maximum absolute atomic E-state index is 4.34. The van der Waals surface area contributed by atoms with Gasteiger partial charge in [-0.05, 0) is 0 Å². The van der Waals surface area contributed by atoms with Crippen molar-refractivity contribution in [3.63, 3.8) is 0 Å². The molecule has 2 bridgehead atoms. The van der Waals surface area contributed by atoms with Crippen LogP contribution in [0.15, 0.2) is 20.1 Å². The van der Waals surface area contributed by atoms with E-state index >= 15 is 0 Å². The van der Waals surface area contributed by atoms with E-state index in [1.807, 2.05) is 0 Å². The van der Waals surface area contributed by atoms with Crippen LogP contribution in [0.5, 0.6) is 0 Å². The summed E-state index contributed by atoms with van der Waals surface area (Å²) in [5, 5.41) is 0. The lowest BCUT2D eigenvalue weighted by atomic mass is 9.96. The minimum atomic E-state index is -0.546. The number of nitrogens with zero attached hydrogens (tertiary/aromatic N) is 5. The molecule has 2 atom stereocenters. The molecule has 8 heteroatoms. The largest absolute Gasteiger partial charge is 0.168 e. The van der Waals surface area contributed by atoms with E-state index in [4.69, 9.17) is 0 Å². The van der Waals surface area contributed by atoms with Gasteiger partial charge in [-0.3, -0.25) is 0 Å². The molecule has 2 rings (SSSR count). The second kappa shape index (κ2) is 3.18. The molecule has 0 aromatic carbocycles. The number of fused-ring (bicyclic) bond motifs is 1. The van der Waals surface area contributed by atoms with Crippen molar-refractivity contribution in [3.8, 4) is 0 Å². The fourth-order valence-corrected chi connectivity index (χ4v) is 4.21. The molecule has 0 N–H and O–H groups in total. The SMILES string of the molecule is CC(C)(C)C1=NS2=NS(=N1)N=S=N2. The molecule has 0 saturated heterocycles. The molecule has 2 aliphatic rings. The summed E-state index contributed by atoms with van der Waals surface area (Å²) in [4.78, 5) is 0. The third-order valence-electron chi connectivity index (χ3n) is 1.34. The predicted molar refractivity (Wildman–Crippen MR) is 58.7 cm³/mol. The van der Waals surface area contributed by atoms with Gasteiger partial charge < -0.3 is 0 Å². The highest BCUT2D eigenvalue weighted by Gasteiger charge is 2.23. The van der Waals surface area contributed by atoms with E-state index in [0.29, 0.717) is 0 Å². The van der Waals surface area contributed by atoms with Gasteiger partial charge in [-0.15, -0.1) is 11.3 Å². The lowest BCUT2D eigenvalue weighted by Crippen LogP contribution is -2.21. The first kappa shape index (κ1) is 9.35. The Kier molecular flexibility index (Phi) is 2.28. The first-order valence-corrected chi connectivity index (χ1v) is 6.58. The van der Waals surface area contributed by atoms with Gasteiger partial charge in [0.15, 0.2) is 28.0 Å². The summed E-state index contributed by atoms with van der Waals surface area (Å²) >= 11 is 0.0883. The fraction of sp³-hybridized carbons (Fsp3) is 0.800. The molecule has 0 amide bonds. The zero-order valence-corrected chi connectivity index (χ0v) is 9.91. The van der Waals surface area contributed by atoms with Crippen LogP contribution in [0.3, 0.4) is 0 Å². The van der Waals surface area contributed by atoms with Crippen LogP contribution >= 0.6 is 0 Å². The summed E-state index contributed by atoms with van der Waals surface area (Å²) in [6.45, 7) is 6.25. The lowest BCUT2D eigenvalue weighted by molar-refractivity contribution is 0.587. The van der Waals surface area contributed by atoms with Gasteiger partial charge in [0.05, 0.1) is 11.4 Å². The smallest absolute Gasteiger partial charge is 0.167 e. The number of rotatable bonds is 0. The van der Waals surface area contributed by atoms with Crippen LogP contribution in [-0.4, -0.2) is 5.84 Å². The zero-order valence-electron chi connectivity index (χ0n) is 7.46. The normalized spacial score (nSPS) is 31.2. The third-order valence-corrected chi connectivity index (χ3v) is 4.68. The lowest BCUT2D eigenvalue weighted by Gasteiger charge is -2.19. The molecule has 0 spiro atoms. The van der Waals surface area contributed by atoms with E-state index in [0.717, 1.165) is 5.84 Å². The topological polar surface area (TPSA) is 61.8 Å². The van der Waals surface area contributed by atoms with Crippen LogP contribution in [0.2, 0.25) is 0 Å². The Labute approximate surface area is 85.7 Å². The van der Waals surface area contributed by atoms with E-state index in [-0.39, 0.29) is 5.41 Å². The van der Waals surface area contributed by atoms with E-state index in [1.165, 1.54) is 11.4 Å². The molecule has 0 aromatic rings. The van der Waals surface area contributed by atoms with Crippen LogP contribution in [0.1, 0.15) is 20.8 Å². The van der Waals surface area contributed by atoms with Crippen LogP contribution in [-0.2, 0) is 33.5 Å². The molecule has 0 saturated carbocycles. The van der Waals surface area contributed by atoms with Crippen molar-refractivity contribution in [2.75, 3.05) is 0 Å². The van der Waals surface area contributed by atoms with Crippen molar-refractivity contribution in [1.82, 2.24) is 0 Å². The quantitative estimate of drug-likeness (QED) is 0.618. The van der Waals surface area contributed by atoms with Crippen LogP contribution in [0, 0.1) is 5.41 Å². The maximum atomic E-state index is 4.34. The Morgan fingerprint density at radius 1 is 1.15 bits per heavy atom. The highest BCUT2D eigenvalue weighted by atomic mass is 32.3. The molecular formula is C5H9N5S3. The fourth-order valence-electron chi connectivity index (χ4n) is 0.672. The second-order valence-electron chi connectivity index (χ2n) is 3.55. The van der Waals surface area contributed by atoms with E-state index in [2.05, 4.69) is 40.8 Å². The average molecular weight is 235 g/mol. The van der Waals surface area contributed by atoms with Gasteiger partial charge in [0.25, 0.3) is 0 Å². The summed E-state index contributed by atoms with van der Waals surface area (Å²) in [6.07, 6.45) is 0. The molecule has 0 aliphatic carbocycles. The van der Waals surface area contributed by atoms with Gasteiger partial charge in [0, 0.05) is 5.41 Å². The van der Waals surface area contributed by atoms with Gasteiger partial charge in [-0.25, -0.2) is 0 Å². The first-order valence-electron chi connectivity index (χ1n) is 3.66. The van der Waals surface area contributed by atoms with Gasteiger partial charge in [-0.2, -0.15) is 8.76 Å². The Bertz CT molecular complexity index is 406. The summed E-state index contributed by atoms with van der Waals surface area (Å²) in [6, 6.07) is 0. The van der Waals surface area contributed by atoms with Crippen molar-refractivity contribution in [1.29, 1.82) is 0 Å². The molecule has 5 nitrogen and oxygen atoms in total. The Morgan fingerprint density at radius 3 is 2.46 bits per heavy atom. The second-order valence-corrected chi connectivity index (χ2v) is 6.85. The number of amidine groups is 1. The van der Waals surface area contributed by atoms with Crippen molar-refractivity contribution in [2.24, 2.45) is 25.5 Å². The van der Waals surface area contributed by atoms with Crippen LogP contribution in [0.4, 0.5) is 0 Å². The molecule has 0 fully saturated rings. The molecule has 2 aliphatic heterocycles. The van der Waals surface area contributed by atoms with Crippen LogP contribution in [0.25, 0.3) is 0 Å². The van der Waals surface area contributed by atoms with Crippen molar-refractivity contribution < 1.29 is 0 Å². The van der Waals surface area contributed by atoms with Crippen molar-refractivity contribution in [2.45, 2.75) is 20.8 Å². The molecule has 2 heterocycles. The maximum Gasteiger partial charge on any atom is 0.168 e. The van der Waals surface area contributed by atoms with Gasteiger partial charge in [0.1, 0.15) is 0 Å². The number of hydrogen-bond donors (Lipinski definition) is 0. The van der Waals surface area contributed by atoms with Gasteiger partial charge in [-0.1, -0.05) is 20.8 Å². The molecule has 2 unspecified atom stereocenters. The Morgan fingerprint density at radius 2 is 1.85 bits per heavy atom. The highest BCUT2D eigenvalue weighted by Crippen LogP contribution is 2.23. The number of hydrogen-bond acceptors (Lipinski definition) is 5. The highest BCUT2D eigenvalue weighted by molar-refractivity contribution is 8.02. The van der Waals surface area contributed by atoms with Gasteiger partial charge in [0.2, 0.25) is 0 Å². The monoisotopic (exact) mass is 235 g/mol.